The summed E-state index contributed by atoms with van der Waals surface area (Å²) in [5.41, 5.74) is 1.03. The molecule has 0 atom stereocenters. The highest BCUT2D eigenvalue weighted by Gasteiger charge is 2.16. The van der Waals surface area contributed by atoms with Crippen molar-refractivity contribution in [2.24, 2.45) is 14.1 Å². The van der Waals surface area contributed by atoms with Gasteiger partial charge in [-0.2, -0.15) is 0 Å². The van der Waals surface area contributed by atoms with Gasteiger partial charge in [-0.3, -0.25) is 9.59 Å². The van der Waals surface area contributed by atoms with Crippen LogP contribution < -0.4 is 16.0 Å². The van der Waals surface area contributed by atoms with E-state index in [4.69, 9.17) is 9.84 Å². The maximum atomic E-state index is 12.5. The van der Waals surface area contributed by atoms with Crippen LogP contribution in [0.2, 0.25) is 0 Å². The number of nitrogens with zero attached hydrogens (tertiary/aromatic N) is 2. The number of nitrogens with one attached hydrogen (secondary N) is 3. The van der Waals surface area contributed by atoms with Crippen molar-refractivity contribution in [3.8, 4) is 0 Å². The van der Waals surface area contributed by atoms with Crippen molar-refractivity contribution in [1.29, 1.82) is 0 Å². The van der Waals surface area contributed by atoms with Crippen molar-refractivity contribution in [3.63, 3.8) is 0 Å². The van der Waals surface area contributed by atoms with Crippen LogP contribution in [-0.2, 0) is 23.6 Å². The largest absolute Gasteiger partial charge is 0.477 e. The first-order valence-corrected chi connectivity index (χ1v) is 8.90. The SMILES string of the molecule is C=CCOC(=O)NCCC(=O)Nc1cc(C(=O)Nc2cc(C(=O)O)n(C)c2)n(C)c1. The second-order valence-corrected chi connectivity index (χ2v) is 6.32. The lowest BCUT2D eigenvalue weighted by atomic mass is 10.3. The zero-order chi connectivity index (χ0) is 22.3. The zero-order valence-corrected chi connectivity index (χ0v) is 16.6. The summed E-state index contributed by atoms with van der Waals surface area (Å²) >= 11 is 0. The number of carbonyl (C=O) groups excluding carboxylic acids is 3. The molecule has 2 aromatic rings. The van der Waals surface area contributed by atoms with Gasteiger partial charge < -0.3 is 34.9 Å². The molecule has 0 spiro atoms. The molecule has 0 aromatic carbocycles. The summed E-state index contributed by atoms with van der Waals surface area (Å²) in [6.07, 6.45) is 3.85. The molecule has 0 unspecified atom stereocenters. The van der Waals surface area contributed by atoms with Gasteiger partial charge in [-0.25, -0.2) is 9.59 Å². The quantitative estimate of drug-likeness (QED) is 0.456. The summed E-state index contributed by atoms with van der Waals surface area (Å²) < 4.78 is 7.64. The molecule has 30 heavy (non-hydrogen) atoms. The Balaban J connectivity index is 1.91. The Kier molecular flexibility index (Phi) is 7.39. The third kappa shape index (κ3) is 5.99. The number of anilines is 2. The fourth-order valence-corrected chi connectivity index (χ4v) is 2.59. The minimum Gasteiger partial charge on any atom is -0.477 e. The Morgan fingerprint density at radius 3 is 2.27 bits per heavy atom. The van der Waals surface area contributed by atoms with Crippen molar-refractivity contribution in [2.75, 3.05) is 23.8 Å². The van der Waals surface area contributed by atoms with Crippen LogP contribution in [0.1, 0.15) is 27.4 Å². The van der Waals surface area contributed by atoms with Crippen LogP contribution >= 0.6 is 0 Å². The van der Waals surface area contributed by atoms with Gasteiger partial charge in [-0.15, -0.1) is 0 Å². The fraction of sp³-hybridized carbons (Fsp3) is 0.263. The lowest BCUT2D eigenvalue weighted by molar-refractivity contribution is -0.116. The third-order valence-corrected chi connectivity index (χ3v) is 3.96. The summed E-state index contributed by atoms with van der Waals surface area (Å²) in [4.78, 5) is 46.9. The molecule has 0 bridgehead atoms. The molecule has 0 saturated heterocycles. The Labute approximate surface area is 172 Å². The van der Waals surface area contributed by atoms with Crippen LogP contribution in [0.4, 0.5) is 16.2 Å². The summed E-state index contributed by atoms with van der Waals surface area (Å²) in [7, 11) is 3.19. The normalized spacial score (nSPS) is 10.2. The van der Waals surface area contributed by atoms with Crippen molar-refractivity contribution in [3.05, 3.63) is 48.6 Å². The lowest BCUT2D eigenvalue weighted by Gasteiger charge is -2.05. The van der Waals surface area contributed by atoms with E-state index in [0.29, 0.717) is 11.4 Å². The first-order valence-electron chi connectivity index (χ1n) is 8.90. The molecule has 0 fully saturated rings. The summed E-state index contributed by atoms with van der Waals surface area (Å²) in [6, 6.07) is 2.83. The van der Waals surface area contributed by atoms with Gasteiger partial charge in [0.2, 0.25) is 5.91 Å². The van der Waals surface area contributed by atoms with Crippen LogP contribution in [0.3, 0.4) is 0 Å². The highest BCUT2D eigenvalue weighted by molar-refractivity contribution is 6.05. The molecular formula is C19H23N5O6. The Morgan fingerprint density at radius 1 is 1.07 bits per heavy atom. The van der Waals surface area contributed by atoms with Gasteiger partial charge in [0.1, 0.15) is 18.0 Å². The molecule has 2 aromatic heterocycles. The molecule has 160 valence electrons. The summed E-state index contributed by atoms with van der Waals surface area (Å²) in [5, 5.41) is 16.8. The maximum Gasteiger partial charge on any atom is 0.407 e. The number of aryl methyl sites for hydroxylation is 2. The average Bonchev–Trinajstić information content (AvgIpc) is 3.21. The number of aromatic nitrogens is 2. The first kappa shape index (κ1) is 22.3. The van der Waals surface area contributed by atoms with E-state index < -0.39 is 18.0 Å². The molecular weight excluding hydrogens is 394 g/mol. The highest BCUT2D eigenvalue weighted by Crippen LogP contribution is 2.17. The molecule has 0 aliphatic carbocycles. The molecule has 0 aliphatic rings. The first-order chi connectivity index (χ1) is 14.2. The number of rotatable bonds is 9. The number of amides is 3. The van der Waals surface area contributed by atoms with Gasteiger partial charge in [-0.05, 0) is 12.1 Å². The van der Waals surface area contributed by atoms with Gasteiger partial charge in [0.15, 0.2) is 0 Å². The number of hydrogen-bond acceptors (Lipinski definition) is 5. The molecule has 2 rings (SSSR count). The number of carboxylic acids is 1. The van der Waals surface area contributed by atoms with Gasteiger partial charge in [0, 0.05) is 39.5 Å². The molecule has 0 aliphatic heterocycles. The number of ether oxygens (including phenoxy) is 1. The number of alkyl carbamates (subject to hydrolysis) is 1. The van der Waals surface area contributed by atoms with E-state index in [1.807, 2.05) is 0 Å². The fourth-order valence-electron chi connectivity index (χ4n) is 2.59. The molecule has 11 nitrogen and oxygen atoms in total. The smallest absolute Gasteiger partial charge is 0.407 e. The standard InChI is InChI=1S/C19H23N5O6/c1-4-7-30-19(29)20-6-5-16(25)21-12-8-14(23(2)10-12)17(26)22-13-9-15(18(27)28)24(3)11-13/h4,8-11H,1,5-7H2,2-3H3,(H,20,29)(H,21,25)(H,22,26)(H,27,28). The molecule has 3 amide bonds. The minimum absolute atomic E-state index is 0.0155. The Bertz CT molecular complexity index is 974. The molecule has 11 heteroatoms. The van der Waals surface area contributed by atoms with E-state index in [9.17, 15) is 19.2 Å². The van der Waals surface area contributed by atoms with E-state index in [1.54, 1.807) is 20.3 Å². The monoisotopic (exact) mass is 417 g/mol. The van der Waals surface area contributed by atoms with E-state index in [0.717, 1.165) is 0 Å². The van der Waals surface area contributed by atoms with Crippen LogP contribution in [0.15, 0.2) is 37.2 Å². The van der Waals surface area contributed by atoms with Crippen molar-refractivity contribution < 1.29 is 29.0 Å². The van der Waals surface area contributed by atoms with E-state index >= 15 is 0 Å². The minimum atomic E-state index is -1.11. The van der Waals surface area contributed by atoms with Gasteiger partial charge in [0.05, 0.1) is 11.4 Å². The van der Waals surface area contributed by atoms with Crippen LogP contribution in [0, 0.1) is 0 Å². The van der Waals surface area contributed by atoms with Crippen molar-refractivity contribution in [1.82, 2.24) is 14.5 Å². The van der Waals surface area contributed by atoms with Crippen molar-refractivity contribution in [2.45, 2.75) is 6.42 Å². The third-order valence-electron chi connectivity index (χ3n) is 3.96. The highest BCUT2D eigenvalue weighted by atomic mass is 16.5. The predicted molar refractivity (Wildman–Crippen MR) is 109 cm³/mol. The molecule has 0 radical (unpaired) electrons. The van der Waals surface area contributed by atoms with E-state index in [2.05, 4.69) is 22.5 Å². The van der Waals surface area contributed by atoms with Crippen LogP contribution in [0.5, 0.6) is 0 Å². The number of aromatic carboxylic acids is 1. The number of carboxylic acid groups (broad SMARTS) is 1. The van der Waals surface area contributed by atoms with Crippen LogP contribution in [-0.4, -0.2) is 51.3 Å². The summed E-state index contributed by atoms with van der Waals surface area (Å²) in [6.45, 7) is 3.58. The molecule has 4 N–H and O–H groups in total. The van der Waals surface area contributed by atoms with Gasteiger partial charge in [-0.1, -0.05) is 12.7 Å². The lowest BCUT2D eigenvalue weighted by Crippen LogP contribution is -2.28. The zero-order valence-electron chi connectivity index (χ0n) is 16.6. The Hall–Kier alpha value is -4.02. The predicted octanol–water partition coefficient (Wildman–Crippen LogP) is 1.55. The van der Waals surface area contributed by atoms with Crippen molar-refractivity contribution >= 4 is 35.3 Å². The van der Waals surface area contributed by atoms with E-state index in [-0.39, 0.29) is 36.9 Å². The Morgan fingerprint density at radius 2 is 1.67 bits per heavy atom. The topological polar surface area (TPSA) is 144 Å². The average molecular weight is 417 g/mol. The molecule has 0 saturated carbocycles. The van der Waals surface area contributed by atoms with Gasteiger partial charge >= 0.3 is 12.1 Å². The van der Waals surface area contributed by atoms with Gasteiger partial charge in [0.25, 0.3) is 5.91 Å². The second-order valence-electron chi connectivity index (χ2n) is 6.32. The number of hydrogen-bond donors (Lipinski definition) is 4. The summed E-state index contributed by atoms with van der Waals surface area (Å²) in [5.74, 6) is -1.93. The number of carbonyl (C=O) groups is 4. The van der Waals surface area contributed by atoms with Crippen LogP contribution in [0.25, 0.3) is 0 Å². The second kappa shape index (κ2) is 9.96. The van der Waals surface area contributed by atoms with E-state index in [1.165, 1.54) is 33.5 Å². The maximum absolute atomic E-state index is 12.5. The molecule has 2 heterocycles.